The van der Waals surface area contributed by atoms with Crippen LogP contribution in [0.2, 0.25) is 0 Å². The van der Waals surface area contributed by atoms with Gasteiger partial charge in [0.15, 0.2) is 5.78 Å². The molecule has 0 saturated carbocycles. The Kier molecular flexibility index (Phi) is 3.68. The number of nitrogens with zero attached hydrogens (tertiary/aromatic N) is 1. The van der Waals surface area contributed by atoms with E-state index in [4.69, 9.17) is 5.11 Å². The van der Waals surface area contributed by atoms with Crippen LogP contribution < -0.4 is 0 Å². The van der Waals surface area contributed by atoms with E-state index in [1.54, 1.807) is 30.3 Å². The topological polar surface area (TPSA) is 80.4 Å². The van der Waals surface area contributed by atoms with Crippen molar-refractivity contribution in [2.75, 3.05) is 0 Å². The summed E-state index contributed by atoms with van der Waals surface area (Å²) in [7, 11) is 0. The fourth-order valence-corrected chi connectivity index (χ4v) is 1.77. The molecule has 0 bridgehead atoms. The Morgan fingerprint density at radius 2 is 1.84 bits per heavy atom. The largest absolute Gasteiger partial charge is 0.392 e. The number of hydrogen-bond acceptors (Lipinski definition) is 4. The van der Waals surface area contributed by atoms with Gasteiger partial charge >= 0.3 is 0 Å². The molecule has 0 radical (unpaired) electrons. The average molecular weight is 257 g/mol. The molecule has 0 heterocycles. The van der Waals surface area contributed by atoms with Gasteiger partial charge in [0.1, 0.15) is 5.56 Å². The Morgan fingerprint density at radius 3 is 2.42 bits per heavy atom. The molecule has 0 aliphatic carbocycles. The highest BCUT2D eigenvalue weighted by atomic mass is 16.6. The zero-order chi connectivity index (χ0) is 13.8. The van der Waals surface area contributed by atoms with Gasteiger partial charge in [-0.3, -0.25) is 14.9 Å². The number of aliphatic hydroxyl groups is 1. The first-order valence-electron chi connectivity index (χ1n) is 5.61. The molecule has 0 spiro atoms. The summed E-state index contributed by atoms with van der Waals surface area (Å²) in [4.78, 5) is 22.6. The van der Waals surface area contributed by atoms with Gasteiger partial charge < -0.3 is 5.11 Å². The summed E-state index contributed by atoms with van der Waals surface area (Å²) in [6.45, 7) is -0.271. The molecule has 96 valence electrons. The molecule has 19 heavy (non-hydrogen) atoms. The van der Waals surface area contributed by atoms with Gasteiger partial charge in [0.2, 0.25) is 0 Å². The number of carbonyl (C=O) groups is 1. The molecule has 0 aromatic heterocycles. The Balaban J connectivity index is 2.54. The lowest BCUT2D eigenvalue weighted by atomic mass is 10.00. The van der Waals surface area contributed by atoms with Crippen molar-refractivity contribution in [3.63, 3.8) is 0 Å². The lowest BCUT2D eigenvalue weighted by molar-refractivity contribution is -0.385. The van der Waals surface area contributed by atoms with Crippen LogP contribution in [0.5, 0.6) is 0 Å². The molecule has 0 atom stereocenters. The summed E-state index contributed by atoms with van der Waals surface area (Å²) in [5, 5.41) is 20.0. The third kappa shape index (κ3) is 2.66. The number of nitro benzene ring substituents is 1. The average Bonchev–Trinajstić information content (AvgIpc) is 2.46. The van der Waals surface area contributed by atoms with Crippen LogP contribution in [0, 0.1) is 10.1 Å². The Bertz CT molecular complexity index is 623. The molecule has 1 N–H and O–H groups in total. The van der Waals surface area contributed by atoms with Crippen molar-refractivity contribution in [1.82, 2.24) is 0 Å². The molecular formula is C14H11NO4. The van der Waals surface area contributed by atoms with Crippen molar-refractivity contribution >= 4 is 11.5 Å². The zero-order valence-corrected chi connectivity index (χ0v) is 9.95. The maximum Gasteiger partial charge on any atom is 0.280 e. The second-order valence-electron chi connectivity index (χ2n) is 3.96. The van der Waals surface area contributed by atoms with Gasteiger partial charge in [-0.1, -0.05) is 30.3 Å². The molecule has 0 aliphatic heterocycles. The smallest absolute Gasteiger partial charge is 0.280 e. The van der Waals surface area contributed by atoms with E-state index in [2.05, 4.69) is 0 Å². The van der Waals surface area contributed by atoms with E-state index in [9.17, 15) is 14.9 Å². The third-order valence-electron chi connectivity index (χ3n) is 2.72. The van der Waals surface area contributed by atoms with E-state index >= 15 is 0 Å². The van der Waals surface area contributed by atoms with E-state index in [0.717, 1.165) is 0 Å². The van der Waals surface area contributed by atoms with Crippen LogP contribution >= 0.6 is 0 Å². The van der Waals surface area contributed by atoms with Crippen LogP contribution in [0.1, 0.15) is 21.5 Å². The minimum Gasteiger partial charge on any atom is -0.392 e. The molecule has 5 heteroatoms. The molecule has 0 amide bonds. The van der Waals surface area contributed by atoms with Crippen molar-refractivity contribution in [1.29, 1.82) is 0 Å². The first kappa shape index (κ1) is 12.9. The minimum absolute atomic E-state index is 0.0113. The van der Waals surface area contributed by atoms with E-state index in [1.807, 2.05) is 0 Å². The van der Waals surface area contributed by atoms with E-state index in [1.165, 1.54) is 18.2 Å². The highest BCUT2D eigenvalue weighted by molar-refractivity contribution is 6.11. The van der Waals surface area contributed by atoms with Gasteiger partial charge in [0, 0.05) is 11.6 Å². The number of benzene rings is 2. The number of ketones is 1. The second kappa shape index (κ2) is 5.41. The fourth-order valence-electron chi connectivity index (χ4n) is 1.77. The van der Waals surface area contributed by atoms with Crippen LogP contribution in [0.25, 0.3) is 0 Å². The van der Waals surface area contributed by atoms with E-state index in [0.29, 0.717) is 11.1 Å². The summed E-state index contributed by atoms with van der Waals surface area (Å²) in [5.41, 5.74) is 0.569. The van der Waals surface area contributed by atoms with Crippen LogP contribution in [0.15, 0.2) is 48.5 Å². The molecule has 5 nitrogen and oxygen atoms in total. The van der Waals surface area contributed by atoms with Gasteiger partial charge in [-0.15, -0.1) is 0 Å². The molecule has 2 rings (SSSR count). The number of aliphatic hydroxyl groups excluding tert-OH is 1. The van der Waals surface area contributed by atoms with Gasteiger partial charge in [-0.05, 0) is 17.7 Å². The molecular weight excluding hydrogens is 246 g/mol. The molecule has 0 saturated heterocycles. The Hall–Kier alpha value is -2.53. The molecule has 0 unspecified atom stereocenters. The summed E-state index contributed by atoms with van der Waals surface area (Å²) in [6.07, 6.45) is 0. The highest BCUT2D eigenvalue weighted by Gasteiger charge is 2.21. The lowest BCUT2D eigenvalue weighted by Gasteiger charge is -2.04. The van der Waals surface area contributed by atoms with Crippen LogP contribution in [0.3, 0.4) is 0 Å². The van der Waals surface area contributed by atoms with Crippen LogP contribution in [-0.4, -0.2) is 15.8 Å². The molecule has 0 aliphatic rings. The maximum atomic E-state index is 12.3. The predicted octanol–water partition coefficient (Wildman–Crippen LogP) is 2.32. The van der Waals surface area contributed by atoms with E-state index in [-0.39, 0.29) is 17.9 Å². The Labute approximate surface area is 109 Å². The van der Waals surface area contributed by atoms with Crippen molar-refractivity contribution < 1.29 is 14.8 Å². The van der Waals surface area contributed by atoms with Crippen LogP contribution in [0.4, 0.5) is 5.69 Å². The SMILES string of the molecule is O=C(c1ccccc1)c1cc(CO)ccc1[N+](=O)[O-]. The van der Waals surface area contributed by atoms with Crippen molar-refractivity contribution in [2.45, 2.75) is 6.61 Å². The van der Waals surface area contributed by atoms with Crippen molar-refractivity contribution in [3.05, 3.63) is 75.3 Å². The number of hydrogen-bond donors (Lipinski definition) is 1. The number of carbonyl (C=O) groups excluding carboxylic acids is 1. The first-order valence-corrected chi connectivity index (χ1v) is 5.61. The van der Waals surface area contributed by atoms with Gasteiger partial charge in [0.25, 0.3) is 5.69 Å². The summed E-state index contributed by atoms with van der Waals surface area (Å²) < 4.78 is 0. The summed E-state index contributed by atoms with van der Waals surface area (Å²) in [6, 6.07) is 12.4. The van der Waals surface area contributed by atoms with Gasteiger partial charge in [-0.2, -0.15) is 0 Å². The molecule has 2 aromatic rings. The monoisotopic (exact) mass is 257 g/mol. The van der Waals surface area contributed by atoms with Crippen molar-refractivity contribution in [3.8, 4) is 0 Å². The first-order chi connectivity index (χ1) is 9.13. The number of rotatable bonds is 4. The standard InChI is InChI=1S/C14H11NO4/c16-9-10-6-7-13(15(18)19)12(8-10)14(17)11-4-2-1-3-5-11/h1-8,16H,9H2. The maximum absolute atomic E-state index is 12.3. The van der Waals surface area contributed by atoms with Crippen molar-refractivity contribution in [2.24, 2.45) is 0 Å². The summed E-state index contributed by atoms with van der Waals surface area (Å²) in [5.74, 6) is -0.428. The zero-order valence-electron chi connectivity index (χ0n) is 9.95. The lowest BCUT2D eigenvalue weighted by Crippen LogP contribution is -2.06. The van der Waals surface area contributed by atoms with Gasteiger partial charge in [0.05, 0.1) is 11.5 Å². The summed E-state index contributed by atoms with van der Waals surface area (Å²) >= 11 is 0. The predicted molar refractivity (Wildman–Crippen MR) is 68.9 cm³/mol. The fraction of sp³-hybridized carbons (Fsp3) is 0.0714. The van der Waals surface area contributed by atoms with E-state index < -0.39 is 10.7 Å². The quantitative estimate of drug-likeness (QED) is 0.517. The van der Waals surface area contributed by atoms with Gasteiger partial charge in [-0.25, -0.2) is 0 Å². The highest BCUT2D eigenvalue weighted by Crippen LogP contribution is 2.23. The molecule has 0 fully saturated rings. The molecule has 2 aromatic carbocycles. The Morgan fingerprint density at radius 1 is 1.16 bits per heavy atom. The minimum atomic E-state index is -0.600. The second-order valence-corrected chi connectivity index (χ2v) is 3.96. The number of nitro groups is 1. The van der Waals surface area contributed by atoms with Crippen LogP contribution in [-0.2, 0) is 6.61 Å². The third-order valence-corrected chi connectivity index (χ3v) is 2.72. The normalized spacial score (nSPS) is 10.2.